The number of hydrogen-bond acceptors (Lipinski definition) is 2. The average Bonchev–Trinajstić information content (AvgIpc) is 1.67. The molecule has 0 aliphatic carbocycles. The lowest BCUT2D eigenvalue weighted by Gasteiger charge is -2.04. The minimum absolute atomic E-state index is 0.189. The first-order chi connectivity index (χ1) is 3.68. The quantitative estimate of drug-likeness (QED) is 0.341. The second kappa shape index (κ2) is 3.69. The van der Waals surface area contributed by atoms with Crippen LogP contribution in [0.15, 0.2) is 0 Å². The fourth-order valence-corrected chi connectivity index (χ4v) is 0.404. The van der Waals surface area contributed by atoms with E-state index < -0.39 is 0 Å². The number of nitrogens with zero attached hydrogens (tertiary/aromatic N) is 1. The third kappa shape index (κ3) is 2.82. The second-order valence-electron chi connectivity index (χ2n) is 1.36. The molecule has 0 atom stereocenters. The Hall–Kier alpha value is -0.280. The Morgan fingerprint density at radius 1 is 1.88 bits per heavy atom. The van der Waals surface area contributed by atoms with Crippen LogP contribution in [0, 0.1) is 0 Å². The molecule has 0 bridgehead atoms. The molecular formula is C4H8ClNO2. The molecule has 0 aliphatic heterocycles. The van der Waals surface area contributed by atoms with E-state index in [9.17, 15) is 4.79 Å². The van der Waals surface area contributed by atoms with Crippen molar-refractivity contribution < 1.29 is 10.0 Å². The van der Waals surface area contributed by atoms with E-state index in [0.29, 0.717) is 5.06 Å². The Kier molecular flexibility index (Phi) is 3.56. The molecule has 0 heterocycles. The Balaban J connectivity index is 3.33. The maximum atomic E-state index is 10.3. The molecular weight excluding hydrogens is 130 g/mol. The number of hydrogen-bond donors (Lipinski definition) is 1. The molecule has 0 spiro atoms. The van der Waals surface area contributed by atoms with Crippen LogP contribution in [0.5, 0.6) is 0 Å². The van der Waals surface area contributed by atoms with Crippen molar-refractivity contribution in [3.8, 4) is 0 Å². The molecule has 4 heteroatoms. The molecule has 0 aromatic rings. The lowest BCUT2D eigenvalue weighted by Crippen LogP contribution is -2.22. The number of amides is 1. The zero-order valence-corrected chi connectivity index (χ0v) is 5.35. The zero-order valence-electron chi connectivity index (χ0n) is 4.59. The molecule has 0 saturated carbocycles. The van der Waals surface area contributed by atoms with E-state index in [1.165, 1.54) is 7.05 Å². The van der Waals surface area contributed by atoms with Crippen LogP contribution in [-0.2, 0) is 4.79 Å². The Labute approximate surface area is 52.8 Å². The van der Waals surface area contributed by atoms with E-state index in [2.05, 4.69) is 0 Å². The maximum Gasteiger partial charge on any atom is 0.246 e. The zero-order chi connectivity index (χ0) is 6.57. The van der Waals surface area contributed by atoms with Gasteiger partial charge in [-0.1, -0.05) is 0 Å². The van der Waals surface area contributed by atoms with Crippen molar-refractivity contribution in [3.05, 3.63) is 0 Å². The summed E-state index contributed by atoms with van der Waals surface area (Å²) < 4.78 is 0. The van der Waals surface area contributed by atoms with Gasteiger partial charge >= 0.3 is 0 Å². The third-order valence-electron chi connectivity index (χ3n) is 0.669. The number of halogens is 1. The van der Waals surface area contributed by atoms with Gasteiger partial charge < -0.3 is 0 Å². The summed E-state index contributed by atoms with van der Waals surface area (Å²) >= 11 is 5.18. The van der Waals surface area contributed by atoms with Crippen LogP contribution in [-0.4, -0.2) is 29.1 Å². The molecule has 48 valence electrons. The Morgan fingerprint density at radius 3 is 2.50 bits per heavy atom. The molecule has 8 heavy (non-hydrogen) atoms. The highest BCUT2D eigenvalue weighted by atomic mass is 35.5. The van der Waals surface area contributed by atoms with E-state index in [1.54, 1.807) is 0 Å². The van der Waals surface area contributed by atoms with Crippen LogP contribution in [0.25, 0.3) is 0 Å². The van der Waals surface area contributed by atoms with E-state index in [0.717, 1.165) is 0 Å². The first-order valence-electron chi connectivity index (χ1n) is 2.20. The highest BCUT2D eigenvalue weighted by Crippen LogP contribution is 1.87. The van der Waals surface area contributed by atoms with Gasteiger partial charge in [-0.3, -0.25) is 10.0 Å². The largest absolute Gasteiger partial charge is 0.286 e. The topological polar surface area (TPSA) is 40.5 Å². The molecule has 0 saturated heterocycles. The van der Waals surface area contributed by atoms with Crippen molar-refractivity contribution >= 4 is 17.5 Å². The third-order valence-corrected chi connectivity index (χ3v) is 0.858. The first-order valence-corrected chi connectivity index (χ1v) is 2.73. The summed E-state index contributed by atoms with van der Waals surface area (Å²) in [5.74, 6) is -0.107. The Morgan fingerprint density at radius 2 is 2.38 bits per heavy atom. The highest BCUT2D eigenvalue weighted by Gasteiger charge is 2.01. The minimum atomic E-state index is -0.361. The predicted molar refractivity (Wildman–Crippen MR) is 29.9 cm³/mol. The van der Waals surface area contributed by atoms with Crippen LogP contribution in [0.3, 0.4) is 0 Å². The van der Waals surface area contributed by atoms with Gasteiger partial charge in [-0.2, -0.15) is 0 Å². The molecule has 0 aliphatic rings. The number of carbonyl (C=O) groups is 1. The van der Waals surface area contributed by atoms with Gasteiger partial charge in [0, 0.05) is 19.3 Å². The molecule has 0 aromatic carbocycles. The van der Waals surface area contributed by atoms with E-state index in [-0.39, 0.29) is 18.2 Å². The average molecular weight is 138 g/mol. The van der Waals surface area contributed by atoms with Crippen LogP contribution in [0.2, 0.25) is 0 Å². The molecule has 0 fully saturated rings. The summed E-state index contributed by atoms with van der Waals surface area (Å²) in [5.41, 5.74) is 0. The summed E-state index contributed by atoms with van der Waals surface area (Å²) in [4.78, 5) is 10.3. The molecule has 0 rings (SSSR count). The first kappa shape index (κ1) is 7.72. The number of hydroxylamine groups is 2. The normalized spacial score (nSPS) is 8.88. The van der Waals surface area contributed by atoms with Gasteiger partial charge in [0.1, 0.15) is 0 Å². The van der Waals surface area contributed by atoms with Crippen molar-refractivity contribution in [1.29, 1.82) is 0 Å². The van der Waals surface area contributed by atoms with Crippen molar-refractivity contribution in [2.75, 3.05) is 12.9 Å². The summed E-state index contributed by atoms with van der Waals surface area (Å²) in [6, 6.07) is 0. The van der Waals surface area contributed by atoms with E-state index in [4.69, 9.17) is 16.8 Å². The minimum Gasteiger partial charge on any atom is -0.286 e. The lowest BCUT2D eigenvalue weighted by molar-refractivity contribution is -0.158. The van der Waals surface area contributed by atoms with E-state index >= 15 is 0 Å². The fraction of sp³-hybridized carbons (Fsp3) is 0.750. The summed E-state index contributed by atoms with van der Waals surface area (Å²) in [5, 5.41) is 8.91. The summed E-state index contributed by atoms with van der Waals surface area (Å²) in [7, 11) is 1.27. The highest BCUT2D eigenvalue weighted by molar-refractivity contribution is 6.18. The van der Waals surface area contributed by atoms with Crippen LogP contribution >= 0.6 is 11.6 Å². The van der Waals surface area contributed by atoms with Gasteiger partial charge in [0.15, 0.2) is 0 Å². The second-order valence-corrected chi connectivity index (χ2v) is 1.73. The van der Waals surface area contributed by atoms with Gasteiger partial charge in [0.05, 0.1) is 0 Å². The van der Waals surface area contributed by atoms with Crippen molar-refractivity contribution in [2.24, 2.45) is 0 Å². The van der Waals surface area contributed by atoms with Crippen LogP contribution in [0.4, 0.5) is 0 Å². The molecule has 1 N–H and O–H groups in total. The number of alkyl halides is 1. The molecule has 0 unspecified atom stereocenters. The summed E-state index contributed by atoms with van der Waals surface area (Å²) in [6.45, 7) is 0. The van der Waals surface area contributed by atoms with Crippen molar-refractivity contribution in [2.45, 2.75) is 6.42 Å². The van der Waals surface area contributed by atoms with E-state index in [1.807, 2.05) is 0 Å². The molecule has 0 radical (unpaired) electrons. The molecule has 0 aromatic heterocycles. The lowest BCUT2D eigenvalue weighted by atomic mass is 10.5. The van der Waals surface area contributed by atoms with Crippen LogP contribution in [0.1, 0.15) is 6.42 Å². The van der Waals surface area contributed by atoms with Gasteiger partial charge in [-0.05, 0) is 0 Å². The van der Waals surface area contributed by atoms with Gasteiger partial charge in [-0.25, -0.2) is 5.06 Å². The summed E-state index contributed by atoms with van der Waals surface area (Å²) in [6.07, 6.45) is 0.189. The van der Waals surface area contributed by atoms with Crippen LogP contribution < -0.4 is 0 Å². The van der Waals surface area contributed by atoms with Gasteiger partial charge in [0.2, 0.25) is 5.91 Å². The molecule has 3 nitrogen and oxygen atoms in total. The van der Waals surface area contributed by atoms with Crippen molar-refractivity contribution in [1.82, 2.24) is 5.06 Å². The number of carbonyl (C=O) groups excluding carboxylic acids is 1. The SMILES string of the molecule is CN(O)C(=O)CCCl. The molecule has 1 amide bonds. The predicted octanol–water partition coefficient (Wildman–Crippen LogP) is 0.463. The van der Waals surface area contributed by atoms with Gasteiger partial charge in [0.25, 0.3) is 0 Å². The van der Waals surface area contributed by atoms with Gasteiger partial charge in [-0.15, -0.1) is 11.6 Å². The van der Waals surface area contributed by atoms with Crippen molar-refractivity contribution in [3.63, 3.8) is 0 Å². The Bertz CT molecular complexity index is 84.1. The maximum absolute atomic E-state index is 10.3. The fourth-order valence-electron chi connectivity index (χ4n) is 0.243. The smallest absolute Gasteiger partial charge is 0.246 e. The monoisotopic (exact) mass is 137 g/mol. The standard InChI is InChI=1S/C4H8ClNO2/c1-6(8)4(7)2-3-5/h8H,2-3H2,1H3. The number of rotatable bonds is 2.